The highest BCUT2D eigenvalue weighted by molar-refractivity contribution is 6.04. The van der Waals surface area contributed by atoms with Gasteiger partial charge in [0.2, 0.25) is 5.75 Å². The molecule has 0 saturated carbocycles. The van der Waals surface area contributed by atoms with Gasteiger partial charge in [0.05, 0.1) is 27.0 Å². The van der Waals surface area contributed by atoms with Crippen LogP contribution >= 0.6 is 0 Å². The first-order chi connectivity index (χ1) is 13.1. The molecule has 27 heavy (non-hydrogen) atoms. The molecule has 140 valence electrons. The molecule has 0 spiro atoms. The minimum Gasteiger partial charge on any atom is -0.493 e. The molecule has 0 fully saturated rings. The van der Waals surface area contributed by atoms with Crippen molar-refractivity contribution in [3.63, 3.8) is 0 Å². The Morgan fingerprint density at radius 3 is 2.33 bits per heavy atom. The van der Waals surface area contributed by atoms with Gasteiger partial charge in [-0.15, -0.1) is 0 Å². The monoisotopic (exact) mass is 368 g/mol. The highest BCUT2D eigenvalue weighted by Gasteiger charge is 2.18. The number of ether oxygens (including phenoxy) is 3. The van der Waals surface area contributed by atoms with Crippen molar-refractivity contribution in [1.82, 2.24) is 14.8 Å². The molecule has 0 saturated heterocycles. The van der Waals surface area contributed by atoms with Gasteiger partial charge < -0.3 is 19.5 Å². The molecule has 0 radical (unpaired) electrons. The molecule has 1 N–H and O–H groups in total. The molecule has 8 heteroatoms. The average Bonchev–Trinajstić information content (AvgIpc) is 3.07. The second-order valence-corrected chi connectivity index (χ2v) is 5.65. The molecule has 8 nitrogen and oxygen atoms in total. The molecule has 3 rings (SSSR count). The Bertz CT molecular complexity index is 929. The molecular formula is C19H20N4O4. The maximum atomic E-state index is 12.7. The smallest absolute Gasteiger partial charge is 0.257 e. The van der Waals surface area contributed by atoms with Crippen molar-refractivity contribution < 1.29 is 19.0 Å². The number of nitrogens with zero attached hydrogens (tertiary/aromatic N) is 3. The molecular weight excluding hydrogens is 348 g/mol. The Morgan fingerprint density at radius 2 is 1.78 bits per heavy atom. The summed E-state index contributed by atoms with van der Waals surface area (Å²) in [4.78, 5) is 16.8. The lowest BCUT2D eigenvalue weighted by molar-refractivity contribution is 0.102. The molecule has 0 atom stereocenters. The van der Waals surface area contributed by atoms with Crippen LogP contribution in [0.4, 0.5) is 5.82 Å². The van der Waals surface area contributed by atoms with E-state index in [9.17, 15) is 4.79 Å². The zero-order valence-electron chi connectivity index (χ0n) is 15.5. The van der Waals surface area contributed by atoms with E-state index >= 15 is 0 Å². The molecule has 1 amide bonds. The third-order valence-electron chi connectivity index (χ3n) is 4.01. The zero-order valence-corrected chi connectivity index (χ0v) is 15.5. The molecule has 0 aliphatic carbocycles. The second kappa shape index (κ2) is 7.77. The summed E-state index contributed by atoms with van der Waals surface area (Å²) >= 11 is 0. The van der Waals surface area contributed by atoms with Crippen LogP contribution < -0.4 is 19.5 Å². The first kappa shape index (κ1) is 18.2. The van der Waals surface area contributed by atoms with Crippen LogP contribution in [0.25, 0.3) is 11.3 Å². The van der Waals surface area contributed by atoms with E-state index in [4.69, 9.17) is 14.2 Å². The summed E-state index contributed by atoms with van der Waals surface area (Å²) in [6.45, 7) is 0. The van der Waals surface area contributed by atoms with Gasteiger partial charge in [-0.3, -0.25) is 14.5 Å². The number of aryl methyl sites for hydroxylation is 1. The van der Waals surface area contributed by atoms with Gasteiger partial charge in [-0.1, -0.05) is 0 Å². The van der Waals surface area contributed by atoms with Gasteiger partial charge in [0.1, 0.15) is 5.82 Å². The van der Waals surface area contributed by atoms with Crippen molar-refractivity contribution in [2.45, 2.75) is 0 Å². The van der Waals surface area contributed by atoms with E-state index in [2.05, 4.69) is 15.4 Å². The third kappa shape index (κ3) is 3.69. The summed E-state index contributed by atoms with van der Waals surface area (Å²) in [7, 11) is 6.26. The molecule has 0 aliphatic rings. The van der Waals surface area contributed by atoms with E-state index in [0.717, 1.165) is 5.56 Å². The van der Waals surface area contributed by atoms with Crippen molar-refractivity contribution in [1.29, 1.82) is 0 Å². The summed E-state index contributed by atoms with van der Waals surface area (Å²) < 4.78 is 17.5. The number of carbonyl (C=O) groups excluding carboxylic acids is 1. The number of aromatic nitrogens is 3. The number of rotatable bonds is 6. The second-order valence-electron chi connectivity index (χ2n) is 5.65. The molecule has 0 unspecified atom stereocenters. The maximum Gasteiger partial charge on any atom is 0.257 e. The number of benzene rings is 1. The normalized spacial score (nSPS) is 10.4. The molecule has 3 aromatic rings. The zero-order chi connectivity index (χ0) is 19.4. The lowest BCUT2D eigenvalue weighted by Gasteiger charge is -2.14. The summed E-state index contributed by atoms with van der Waals surface area (Å²) in [5.74, 6) is 1.46. The fourth-order valence-corrected chi connectivity index (χ4v) is 2.64. The summed E-state index contributed by atoms with van der Waals surface area (Å²) in [5.41, 5.74) is 1.95. The highest BCUT2D eigenvalue weighted by Crippen LogP contribution is 2.38. The van der Waals surface area contributed by atoms with Crippen LogP contribution in [0.1, 0.15) is 10.4 Å². The minimum atomic E-state index is -0.324. The van der Waals surface area contributed by atoms with Gasteiger partial charge in [-0.2, -0.15) is 5.10 Å². The minimum absolute atomic E-state index is 0.324. The van der Waals surface area contributed by atoms with Crippen LogP contribution in [0.5, 0.6) is 17.2 Å². The lowest BCUT2D eigenvalue weighted by atomic mass is 10.1. The van der Waals surface area contributed by atoms with E-state index in [1.54, 1.807) is 42.3 Å². The quantitative estimate of drug-likeness (QED) is 0.720. The van der Waals surface area contributed by atoms with Crippen molar-refractivity contribution in [2.24, 2.45) is 7.05 Å². The number of anilines is 1. The highest BCUT2D eigenvalue weighted by atomic mass is 16.5. The fraction of sp³-hybridized carbons (Fsp3) is 0.211. The summed E-state index contributed by atoms with van der Waals surface area (Å²) in [6.07, 6.45) is 3.41. The maximum absolute atomic E-state index is 12.7. The Balaban J connectivity index is 1.89. The number of hydrogen-bond acceptors (Lipinski definition) is 6. The number of hydrogen-bond donors (Lipinski definition) is 1. The average molecular weight is 368 g/mol. The number of carbonyl (C=O) groups is 1. The van der Waals surface area contributed by atoms with E-state index < -0.39 is 0 Å². The summed E-state index contributed by atoms with van der Waals surface area (Å²) in [5, 5.41) is 7.26. The number of pyridine rings is 1. The van der Waals surface area contributed by atoms with Crippen LogP contribution in [-0.4, -0.2) is 42.0 Å². The fourth-order valence-electron chi connectivity index (χ4n) is 2.64. The van der Waals surface area contributed by atoms with Gasteiger partial charge in [0.15, 0.2) is 11.5 Å². The van der Waals surface area contributed by atoms with Crippen molar-refractivity contribution >= 4 is 11.7 Å². The van der Waals surface area contributed by atoms with Crippen LogP contribution in [0.3, 0.4) is 0 Å². The first-order valence-corrected chi connectivity index (χ1v) is 8.13. The van der Waals surface area contributed by atoms with Crippen LogP contribution in [0.15, 0.2) is 42.7 Å². The van der Waals surface area contributed by atoms with Gasteiger partial charge in [-0.25, -0.2) is 0 Å². The van der Waals surface area contributed by atoms with Crippen LogP contribution in [0.2, 0.25) is 0 Å². The first-order valence-electron chi connectivity index (χ1n) is 8.13. The largest absolute Gasteiger partial charge is 0.493 e. The SMILES string of the molecule is COc1cc(C(=O)Nc2cc(-c3cccnc3)nn2C)cc(OC)c1OC. The van der Waals surface area contributed by atoms with Gasteiger partial charge in [-0.05, 0) is 24.3 Å². The van der Waals surface area contributed by atoms with E-state index in [1.165, 1.54) is 21.3 Å². The molecule has 2 aromatic heterocycles. The molecule has 1 aromatic carbocycles. The van der Waals surface area contributed by atoms with E-state index in [0.29, 0.717) is 34.3 Å². The predicted molar refractivity (Wildman–Crippen MR) is 100 cm³/mol. The number of methoxy groups -OCH3 is 3. The molecule has 0 bridgehead atoms. The Morgan fingerprint density at radius 1 is 1.07 bits per heavy atom. The van der Waals surface area contributed by atoms with Gasteiger partial charge >= 0.3 is 0 Å². The molecule has 2 heterocycles. The van der Waals surface area contributed by atoms with E-state index in [-0.39, 0.29) is 5.91 Å². The number of nitrogens with one attached hydrogen (secondary N) is 1. The van der Waals surface area contributed by atoms with Gasteiger partial charge in [0.25, 0.3) is 5.91 Å². The van der Waals surface area contributed by atoms with Crippen LogP contribution in [0, 0.1) is 0 Å². The third-order valence-corrected chi connectivity index (χ3v) is 4.01. The van der Waals surface area contributed by atoms with Crippen molar-refractivity contribution in [3.05, 3.63) is 48.3 Å². The van der Waals surface area contributed by atoms with Crippen molar-refractivity contribution in [3.8, 4) is 28.5 Å². The van der Waals surface area contributed by atoms with E-state index in [1.807, 2.05) is 12.1 Å². The number of amides is 1. The predicted octanol–water partition coefficient (Wildman–Crippen LogP) is 2.76. The van der Waals surface area contributed by atoms with Crippen LogP contribution in [-0.2, 0) is 7.05 Å². The lowest BCUT2D eigenvalue weighted by Crippen LogP contribution is -2.15. The topological polar surface area (TPSA) is 87.5 Å². The Labute approximate surface area is 156 Å². The van der Waals surface area contributed by atoms with Gasteiger partial charge in [0, 0.05) is 36.6 Å². The summed E-state index contributed by atoms with van der Waals surface area (Å²) in [6, 6.07) is 8.70. The molecule has 0 aliphatic heterocycles. The Kier molecular flexibility index (Phi) is 5.25. The Hall–Kier alpha value is -3.55. The van der Waals surface area contributed by atoms with Crippen molar-refractivity contribution in [2.75, 3.05) is 26.6 Å². The standard InChI is InChI=1S/C19H20N4O4/c1-23-17(10-14(22-23)12-6-5-7-20-11-12)21-19(24)13-8-15(25-2)18(27-4)16(9-13)26-3/h5-11H,1-4H3,(H,21,24).